The quantitative estimate of drug-likeness (QED) is 0.358. The number of likely N-dealkylation sites (tertiary alicyclic amines) is 1. The number of carbonyl (C=O) groups excluding carboxylic acids is 2. The molecular formula is C19H29N3O3. The maximum Gasteiger partial charge on any atom is 0.309 e. The number of carbonyl (C=O) groups is 2. The standard InChI is InChI=1S/C19H29N3O3/c1-2-25-19(24)15-9-11-22(12-10-15)18(23)16(13-20)14-21-17-7-5-3-4-6-8-17/h14-15,17,21H,2-12H2,1H3/b16-14-. The third-order valence-corrected chi connectivity index (χ3v) is 5.07. The van der Waals surface area contributed by atoms with Crippen LogP contribution in [-0.4, -0.2) is 42.5 Å². The number of esters is 1. The molecule has 2 fully saturated rings. The van der Waals surface area contributed by atoms with Crippen LogP contribution in [0.3, 0.4) is 0 Å². The molecule has 0 aromatic heterocycles. The fraction of sp³-hybridized carbons (Fsp3) is 0.737. The molecule has 2 rings (SSSR count). The number of nitrogens with zero attached hydrogens (tertiary/aromatic N) is 2. The average molecular weight is 347 g/mol. The molecule has 0 unspecified atom stereocenters. The van der Waals surface area contributed by atoms with Gasteiger partial charge < -0.3 is 15.0 Å². The first kappa shape index (κ1) is 19.3. The molecule has 1 heterocycles. The van der Waals surface area contributed by atoms with Crippen LogP contribution in [-0.2, 0) is 14.3 Å². The third kappa shape index (κ3) is 5.77. The second kappa shape index (κ2) is 10.1. The number of ether oxygens (including phenoxy) is 1. The van der Waals surface area contributed by atoms with Crippen LogP contribution in [0.2, 0.25) is 0 Å². The molecule has 6 heteroatoms. The minimum Gasteiger partial charge on any atom is -0.466 e. The first-order valence-corrected chi connectivity index (χ1v) is 9.48. The molecule has 2 aliphatic rings. The van der Waals surface area contributed by atoms with E-state index in [1.54, 1.807) is 18.0 Å². The highest BCUT2D eigenvalue weighted by Gasteiger charge is 2.29. The number of nitriles is 1. The van der Waals surface area contributed by atoms with Crippen molar-refractivity contribution in [3.05, 3.63) is 11.8 Å². The summed E-state index contributed by atoms with van der Waals surface area (Å²) in [6.45, 7) is 3.16. The van der Waals surface area contributed by atoms with E-state index in [-0.39, 0.29) is 23.4 Å². The normalized spacial score (nSPS) is 20.5. The van der Waals surface area contributed by atoms with Gasteiger partial charge in [0.15, 0.2) is 0 Å². The number of hydrogen-bond acceptors (Lipinski definition) is 5. The Hall–Kier alpha value is -2.03. The van der Waals surface area contributed by atoms with E-state index >= 15 is 0 Å². The van der Waals surface area contributed by atoms with E-state index in [1.165, 1.54) is 25.7 Å². The Morgan fingerprint density at radius 1 is 1.16 bits per heavy atom. The minimum atomic E-state index is -0.245. The summed E-state index contributed by atoms with van der Waals surface area (Å²) in [7, 11) is 0. The van der Waals surface area contributed by atoms with Gasteiger partial charge in [0.05, 0.1) is 12.5 Å². The zero-order valence-electron chi connectivity index (χ0n) is 15.1. The second-order valence-electron chi connectivity index (χ2n) is 6.84. The highest BCUT2D eigenvalue weighted by Crippen LogP contribution is 2.20. The van der Waals surface area contributed by atoms with Gasteiger partial charge in [0.2, 0.25) is 0 Å². The topological polar surface area (TPSA) is 82.4 Å². The van der Waals surface area contributed by atoms with E-state index in [0.29, 0.717) is 38.6 Å². The van der Waals surface area contributed by atoms with Crippen LogP contribution in [0.4, 0.5) is 0 Å². The largest absolute Gasteiger partial charge is 0.466 e. The molecule has 1 saturated carbocycles. The van der Waals surface area contributed by atoms with Crippen LogP contribution in [0.1, 0.15) is 58.3 Å². The van der Waals surface area contributed by atoms with Crippen molar-refractivity contribution >= 4 is 11.9 Å². The fourth-order valence-electron chi connectivity index (χ4n) is 3.54. The van der Waals surface area contributed by atoms with Crippen molar-refractivity contribution in [2.75, 3.05) is 19.7 Å². The molecule has 0 spiro atoms. The summed E-state index contributed by atoms with van der Waals surface area (Å²) in [6, 6.07) is 2.38. The van der Waals surface area contributed by atoms with Crippen molar-refractivity contribution in [2.45, 2.75) is 64.3 Å². The van der Waals surface area contributed by atoms with Crippen LogP contribution < -0.4 is 5.32 Å². The zero-order chi connectivity index (χ0) is 18.1. The van der Waals surface area contributed by atoms with E-state index < -0.39 is 0 Å². The summed E-state index contributed by atoms with van der Waals surface area (Å²) in [6.07, 6.45) is 9.89. The van der Waals surface area contributed by atoms with Gasteiger partial charge in [-0.2, -0.15) is 5.26 Å². The van der Waals surface area contributed by atoms with Gasteiger partial charge in [-0.1, -0.05) is 25.7 Å². The van der Waals surface area contributed by atoms with Crippen molar-refractivity contribution in [1.82, 2.24) is 10.2 Å². The maximum absolute atomic E-state index is 12.6. The smallest absolute Gasteiger partial charge is 0.309 e. The van der Waals surface area contributed by atoms with Gasteiger partial charge in [0.1, 0.15) is 11.6 Å². The van der Waals surface area contributed by atoms with E-state index in [2.05, 4.69) is 5.32 Å². The highest BCUT2D eigenvalue weighted by molar-refractivity contribution is 5.97. The molecule has 0 radical (unpaired) electrons. The number of nitrogens with one attached hydrogen (secondary N) is 1. The Morgan fingerprint density at radius 3 is 2.36 bits per heavy atom. The van der Waals surface area contributed by atoms with Crippen molar-refractivity contribution in [1.29, 1.82) is 5.26 Å². The van der Waals surface area contributed by atoms with Crippen molar-refractivity contribution < 1.29 is 14.3 Å². The Labute approximate surface area is 150 Å². The molecule has 6 nitrogen and oxygen atoms in total. The van der Waals surface area contributed by atoms with Crippen LogP contribution in [0.15, 0.2) is 11.8 Å². The molecule has 1 amide bonds. The SMILES string of the molecule is CCOC(=O)C1CCN(C(=O)/C(C#N)=C\NC2CCCCCC2)CC1. The van der Waals surface area contributed by atoms with Gasteiger partial charge in [0.25, 0.3) is 5.91 Å². The van der Waals surface area contributed by atoms with Crippen molar-refractivity contribution in [3.63, 3.8) is 0 Å². The lowest BCUT2D eigenvalue weighted by molar-refractivity contribution is -0.150. The zero-order valence-corrected chi connectivity index (χ0v) is 15.1. The maximum atomic E-state index is 12.6. The van der Waals surface area contributed by atoms with E-state index in [0.717, 1.165) is 12.8 Å². The predicted molar refractivity (Wildman–Crippen MR) is 94.3 cm³/mol. The molecule has 25 heavy (non-hydrogen) atoms. The van der Waals surface area contributed by atoms with Gasteiger partial charge in [-0.05, 0) is 32.6 Å². The Kier molecular flexibility index (Phi) is 7.77. The van der Waals surface area contributed by atoms with Crippen LogP contribution in [0, 0.1) is 17.2 Å². The van der Waals surface area contributed by atoms with Gasteiger partial charge in [-0.3, -0.25) is 9.59 Å². The predicted octanol–water partition coefficient (Wildman–Crippen LogP) is 2.51. The number of piperidine rings is 1. The first-order valence-electron chi connectivity index (χ1n) is 9.48. The van der Waals surface area contributed by atoms with E-state index in [4.69, 9.17) is 4.74 Å². The summed E-state index contributed by atoms with van der Waals surface area (Å²) < 4.78 is 5.05. The fourth-order valence-corrected chi connectivity index (χ4v) is 3.54. The molecular weight excluding hydrogens is 318 g/mol. The van der Waals surface area contributed by atoms with Crippen LogP contribution in [0.25, 0.3) is 0 Å². The first-order chi connectivity index (χ1) is 12.2. The van der Waals surface area contributed by atoms with Gasteiger partial charge in [0, 0.05) is 25.3 Å². The van der Waals surface area contributed by atoms with Crippen LogP contribution in [0.5, 0.6) is 0 Å². The number of amides is 1. The monoisotopic (exact) mass is 347 g/mol. The number of rotatable bonds is 5. The second-order valence-corrected chi connectivity index (χ2v) is 6.84. The lowest BCUT2D eigenvalue weighted by Gasteiger charge is -2.30. The molecule has 138 valence electrons. The molecule has 1 N–H and O–H groups in total. The molecule has 1 saturated heterocycles. The highest BCUT2D eigenvalue weighted by atomic mass is 16.5. The summed E-state index contributed by atoms with van der Waals surface area (Å²) in [5.41, 5.74) is 0.152. The molecule has 0 aromatic carbocycles. The Morgan fingerprint density at radius 2 is 1.80 bits per heavy atom. The molecule has 1 aliphatic carbocycles. The average Bonchev–Trinajstić information content (AvgIpc) is 2.91. The number of hydrogen-bond donors (Lipinski definition) is 1. The summed E-state index contributed by atoms with van der Waals surface area (Å²) in [5.74, 6) is -0.561. The van der Waals surface area contributed by atoms with Crippen LogP contribution >= 0.6 is 0 Å². The van der Waals surface area contributed by atoms with E-state index in [1.807, 2.05) is 6.07 Å². The lowest BCUT2D eigenvalue weighted by Crippen LogP contribution is -2.41. The van der Waals surface area contributed by atoms with Gasteiger partial charge in [-0.15, -0.1) is 0 Å². The summed E-state index contributed by atoms with van der Waals surface area (Å²) in [4.78, 5) is 26.0. The molecule has 0 bridgehead atoms. The van der Waals surface area contributed by atoms with Crippen molar-refractivity contribution in [2.24, 2.45) is 5.92 Å². The summed E-state index contributed by atoms with van der Waals surface area (Å²) >= 11 is 0. The Bertz CT molecular complexity index is 523. The molecule has 0 aromatic rings. The molecule has 0 atom stereocenters. The third-order valence-electron chi connectivity index (χ3n) is 5.07. The van der Waals surface area contributed by atoms with Gasteiger partial charge in [-0.25, -0.2) is 0 Å². The minimum absolute atomic E-state index is 0.136. The molecule has 1 aliphatic heterocycles. The van der Waals surface area contributed by atoms with E-state index in [9.17, 15) is 14.9 Å². The Balaban J connectivity index is 1.86. The van der Waals surface area contributed by atoms with Gasteiger partial charge >= 0.3 is 5.97 Å². The summed E-state index contributed by atoms with van der Waals surface area (Å²) in [5, 5.41) is 12.6. The lowest BCUT2D eigenvalue weighted by atomic mass is 9.96. The van der Waals surface area contributed by atoms with Crippen molar-refractivity contribution in [3.8, 4) is 6.07 Å².